The standard InChI is InChI=1S/C19H24N4O/c1-2-18(14-6-4-3-5-7-14)19(24)22-15-8-9-16(22)13-17(12-15)23-20-10-11-21-23/h3-7,10-11,15-18H,2,8-9,12-13H2,1H3/t15-,16-,18-/m0/s1. The second-order valence-electron chi connectivity index (χ2n) is 6.98. The quantitative estimate of drug-likeness (QED) is 0.868. The minimum atomic E-state index is -0.0197. The highest BCUT2D eigenvalue weighted by molar-refractivity contribution is 5.84. The van der Waals surface area contributed by atoms with Crippen molar-refractivity contribution in [3.63, 3.8) is 0 Å². The van der Waals surface area contributed by atoms with Crippen LogP contribution >= 0.6 is 0 Å². The molecule has 2 aromatic rings. The Labute approximate surface area is 142 Å². The number of hydrogen-bond donors (Lipinski definition) is 0. The molecular weight excluding hydrogens is 300 g/mol. The molecule has 2 aliphatic heterocycles. The lowest BCUT2D eigenvalue weighted by atomic mass is 9.91. The van der Waals surface area contributed by atoms with E-state index in [1.165, 1.54) is 0 Å². The summed E-state index contributed by atoms with van der Waals surface area (Å²) in [6.45, 7) is 2.11. The van der Waals surface area contributed by atoms with E-state index in [1.54, 1.807) is 12.4 Å². The molecule has 5 heteroatoms. The van der Waals surface area contributed by atoms with Crippen molar-refractivity contribution in [2.45, 2.75) is 63.1 Å². The first-order valence-electron chi connectivity index (χ1n) is 9.00. The van der Waals surface area contributed by atoms with Crippen LogP contribution in [0.4, 0.5) is 0 Å². The van der Waals surface area contributed by atoms with Gasteiger partial charge in [0.05, 0.1) is 24.4 Å². The van der Waals surface area contributed by atoms with Gasteiger partial charge in [-0.25, -0.2) is 0 Å². The summed E-state index contributed by atoms with van der Waals surface area (Å²) in [6.07, 6.45) is 8.50. The summed E-state index contributed by atoms with van der Waals surface area (Å²) in [5.74, 6) is 0.289. The van der Waals surface area contributed by atoms with Crippen molar-refractivity contribution in [3.05, 3.63) is 48.3 Å². The van der Waals surface area contributed by atoms with E-state index in [0.29, 0.717) is 24.0 Å². The first kappa shape index (κ1) is 15.4. The summed E-state index contributed by atoms with van der Waals surface area (Å²) in [6, 6.07) is 11.2. The van der Waals surface area contributed by atoms with E-state index < -0.39 is 0 Å². The maximum absolute atomic E-state index is 13.3. The molecule has 2 saturated heterocycles. The van der Waals surface area contributed by atoms with Gasteiger partial charge in [-0.05, 0) is 37.7 Å². The summed E-state index contributed by atoms with van der Waals surface area (Å²) >= 11 is 0. The summed E-state index contributed by atoms with van der Waals surface area (Å²) in [7, 11) is 0. The smallest absolute Gasteiger partial charge is 0.230 e. The molecule has 1 amide bonds. The zero-order valence-corrected chi connectivity index (χ0v) is 14.1. The molecule has 1 aromatic heterocycles. The Hall–Kier alpha value is -2.17. The molecule has 3 heterocycles. The van der Waals surface area contributed by atoms with E-state index in [9.17, 15) is 4.79 Å². The van der Waals surface area contributed by atoms with Crippen LogP contribution in [0.5, 0.6) is 0 Å². The Bertz CT molecular complexity index is 671. The SMILES string of the molecule is CC[C@H](C(=O)N1[C@H]2CC[C@H]1CC(n1nccn1)C2)c1ccccc1. The molecule has 24 heavy (non-hydrogen) atoms. The van der Waals surface area contributed by atoms with Crippen molar-refractivity contribution in [2.75, 3.05) is 0 Å². The van der Waals surface area contributed by atoms with Crippen LogP contribution in [0.2, 0.25) is 0 Å². The zero-order valence-electron chi connectivity index (χ0n) is 14.1. The first-order chi connectivity index (χ1) is 11.8. The van der Waals surface area contributed by atoms with Gasteiger partial charge in [-0.15, -0.1) is 0 Å². The van der Waals surface area contributed by atoms with Gasteiger partial charge in [0, 0.05) is 12.1 Å². The molecule has 0 aliphatic carbocycles. The molecule has 126 valence electrons. The van der Waals surface area contributed by atoms with Gasteiger partial charge in [-0.3, -0.25) is 4.79 Å². The normalized spacial score (nSPS) is 27.2. The van der Waals surface area contributed by atoms with Gasteiger partial charge >= 0.3 is 0 Å². The third kappa shape index (κ3) is 2.62. The topological polar surface area (TPSA) is 51.0 Å². The van der Waals surface area contributed by atoms with E-state index in [-0.39, 0.29) is 5.92 Å². The maximum Gasteiger partial charge on any atom is 0.230 e. The average molecular weight is 324 g/mol. The highest BCUT2D eigenvalue weighted by Gasteiger charge is 2.45. The van der Waals surface area contributed by atoms with E-state index >= 15 is 0 Å². The number of piperidine rings is 1. The Balaban J connectivity index is 1.54. The number of benzene rings is 1. The molecule has 4 rings (SSSR count). The van der Waals surface area contributed by atoms with Gasteiger partial charge in [-0.1, -0.05) is 37.3 Å². The predicted octanol–water partition coefficient (Wildman–Crippen LogP) is 3.17. The van der Waals surface area contributed by atoms with Crippen molar-refractivity contribution in [2.24, 2.45) is 0 Å². The Kier molecular flexibility index (Phi) is 4.08. The van der Waals surface area contributed by atoms with Gasteiger partial charge in [0.15, 0.2) is 0 Å². The number of nitrogens with zero attached hydrogens (tertiary/aromatic N) is 4. The van der Waals surface area contributed by atoms with Crippen LogP contribution in [0.1, 0.15) is 56.6 Å². The minimum absolute atomic E-state index is 0.0197. The van der Waals surface area contributed by atoms with Crippen LogP contribution in [0, 0.1) is 0 Å². The number of amides is 1. The third-order valence-electron chi connectivity index (χ3n) is 5.63. The average Bonchev–Trinajstić information content (AvgIpc) is 3.23. The van der Waals surface area contributed by atoms with Crippen molar-refractivity contribution in [1.29, 1.82) is 0 Å². The lowest BCUT2D eigenvalue weighted by Gasteiger charge is -2.40. The minimum Gasteiger partial charge on any atom is -0.336 e. The van der Waals surface area contributed by atoms with E-state index in [2.05, 4.69) is 34.2 Å². The molecular formula is C19H24N4O. The molecule has 5 nitrogen and oxygen atoms in total. The molecule has 0 saturated carbocycles. The number of hydrogen-bond acceptors (Lipinski definition) is 3. The lowest BCUT2D eigenvalue weighted by Crippen LogP contribution is -2.48. The molecule has 3 atom stereocenters. The monoisotopic (exact) mass is 324 g/mol. The third-order valence-corrected chi connectivity index (χ3v) is 5.63. The number of rotatable bonds is 4. The Morgan fingerprint density at radius 3 is 2.29 bits per heavy atom. The Morgan fingerprint density at radius 1 is 1.08 bits per heavy atom. The number of fused-ring (bicyclic) bond motifs is 2. The molecule has 0 radical (unpaired) electrons. The summed E-state index contributed by atoms with van der Waals surface area (Å²) in [5.41, 5.74) is 1.14. The molecule has 2 fully saturated rings. The van der Waals surface area contributed by atoms with Crippen molar-refractivity contribution < 1.29 is 4.79 Å². The van der Waals surface area contributed by atoms with E-state index in [4.69, 9.17) is 0 Å². The number of carbonyl (C=O) groups is 1. The van der Waals surface area contributed by atoms with Crippen LogP contribution in [0.3, 0.4) is 0 Å². The van der Waals surface area contributed by atoms with Crippen LogP contribution < -0.4 is 0 Å². The van der Waals surface area contributed by atoms with Gasteiger partial charge in [0.25, 0.3) is 0 Å². The molecule has 0 spiro atoms. The van der Waals surface area contributed by atoms with Crippen LogP contribution in [-0.4, -0.2) is 37.9 Å². The fourth-order valence-electron chi connectivity index (χ4n) is 4.53. The van der Waals surface area contributed by atoms with Gasteiger partial charge in [0.1, 0.15) is 0 Å². The second-order valence-corrected chi connectivity index (χ2v) is 6.98. The van der Waals surface area contributed by atoms with Crippen LogP contribution in [-0.2, 0) is 4.79 Å². The van der Waals surface area contributed by atoms with Crippen LogP contribution in [0.25, 0.3) is 0 Å². The van der Waals surface area contributed by atoms with Gasteiger partial charge < -0.3 is 4.90 Å². The van der Waals surface area contributed by atoms with Gasteiger partial charge in [0.2, 0.25) is 5.91 Å². The first-order valence-corrected chi connectivity index (χ1v) is 9.00. The highest BCUT2D eigenvalue weighted by Crippen LogP contribution is 2.42. The molecule has 1 aromatic carbocycles. The molecule has 0 N–H and O–H groups in total. The molecule has 2 bridgehead atoms. The summed E-state index contributed by atoms with van der Waals surface area (Å²) in [5, 5.41) is 8.61. The highest BCUT2D eigenvalue weighted by atomic mass is 16.2. The van der Waals surface area contributed by atoms with E-state index in [0.717, 1.165) is 37.7 Å². The molecule has 0 unspecified atom stereocenters. The second kappa shape index (κ2) is 6.38. The lowest BCUT2D eigenvalue weighted by molar-refractivity contribution is -0.138. The van der Waals surface area contributed by atoms with Crippen LogP contribution in [0.15, 0.2) is 42.7 Å². The van der Waals surface area contributed by atoms with Crippen molar-refractivity contribution in [3.8, 4) is 0 Å². The Morgan fingerprint density at radius 2 is 1.71 bits per heavy atom. The summed E-state index contributed by atoms with van der Waals surface area (Å²) < 4.78 is 0. The largest absolute Gasteiger partial charge is 0.336 e. The van der Waals surface area contributed by atoms with E-state index in [1.807, 2.05) is 23.0 Å². The number of carbonyl (C=O) groups excluding carboxylic acids is 1. The fraction of sp³-hybridized carbons (Fsp3) is 0.526. The summed E-state index contributed by atoms with van der Waals surface area (Å²) in [4.78, 5) is 17.3. The van der Waals surface area contributed by atoms with Crippen molar-refractivity contribution in [1.82, 2.24) is 19.9 Å². The molecule has 2 aliphatic rings. The fourth-order valence-corrected chi connectivity index (χ4v) is 4.53. The van der Waals surface area contributed by atoms with Gasteiger partial charge in [-0.2, -0.15) is 15.0 Å². The van der Waals surface area contributed by atoms with Crippen molar-refractivity contribution >= 4 is 5.91 Å². The number of aromatic nitrogens is 3. The predicted molar refractivity (Wildman–Crippen MR) is 91.4 cm³/mol. The maximum atomic E-state index is 13.3. The zero-order chi connectivity index (χ0) is 16.5.